The van der Waals surface area contributed by atoms with Crippen LogP contribution in [-0.2, 0) is 6.18 Å². The maximum atomic E-state index is 12.6. The van der Waals surface area contributed by atoms with E-state index in [1.165, 1.54) is 6.07 Å². The minimum atomic E-state index is -4.32. The molecule has 4 heteroatoms. The third-order valence-corrected chi connectivity index (χ3v) is 3.11. The minimum Gasteiger partial charge on any atom is -0.166 e. The van der Waals surface area contributed by atoms with Gasteiger partial charge in [0.25, 0.3) is 0 Å². The summed E-state index contributed by atoms with van der Waals surface area (Å²) in [6.45, 7) is 1.82. The summed E-state index contributed by atoms with van der Waals surface area (Å²) < 4.78 is 37.8. The van der Waals surface area contributed by atoms with E-state index in [0.717, 1.165) is 23.3 Å². The molecule has 0 aliphatic rings. The molecule has 2 aromatic carbocycles. The Bertz CT molecular complexity index is 573. The van der Waals surface area contributed by atoms with E-state index in [2.05, 4.69) is 0 Å². The van der Waals surface area contributed by atoms with Gasteiger partial charge in [0, 0.05) is 5.02 Å². The summed E-state index contributed by atoms with van der Waals surface area (Å²) in [5, 5.41) is 0.603. The monoisotopic (exact) mass is 270 g/mol. The van der Waals surface area contributed by atoms with Crippen LogP contribution in [0.25, 0.3) is 11.1 Å². The standard InChI is InChI=1S/C14H10ClF3/c1-9-7-11(5-6-13(9)15)10-3-2-4-12(8-10)14(16,17)18/h2-8H,1H3. The van der Waals surface area contributed by atoms with Crippen LogP contribution in [0, 0.1) is 6.92 Å². The Balaban J connectivity index is 2.48. The molecule has 0 bridgehead atoms. The van der Waals surface area contributed by atoms with Crippen LogP contribution in [0.5, 0.6) is 0 Å². The van der Waals surface area contributed by atoms with Crippen LogP contribution in [0.3, 0.4) is 0 Å². The van der Waals surface area contributed by atoms with Crippen LogP contribution < -0.4 is 0 Å². The normalized spacial score (nSPS) is 11.6. The van der Waals surface area contributed by atoms with Gasteiger partial charge in [-0.05, 0) is 47.9 Å². The highest BCUT2D eigenvalue weighted by molar-refractivity contribution is 6.31. The maximum Gasteiger partial charge on any atom is 0.416 e. The third-order valence-electron chi connectivity index (χ3n) is 2.68. The van der Waals surface area contributed by atoms with Gasteiger partial charge in [-0.2, -0.15) is 13.2 Å². The van der Waals surface area contributed by atoms with Crippen molar-refractivity contribution in [2.24, 2.45) is 0 Å². The fraction of sp³-hybridized carbons (Fsp3) is 0.143. The zero-order chi connectivity index (χ0) is 13.3. The number of rotatable bonds is 1. The average molecular weight is 271 g/mol. The van der Waals surface area contributed by atoms with Crippen molar-refractivity contribution >= 4 is 11.6 Å². The third kappa shape index (κ3) is 2.67. The first-order valence-electron chi connectivity index (χ1n) is 5.32. The van der Waals surface area contributed by atoms with E-state index in [4.69, 9.17) is 11.6 Å². The lowest BCUT2D eigenvalue weighted by molar-refractivity contribution is -0.137. The van der Waals surface area contributed by atoms with Crippen LogP contribution in [0.4, 0.5) is 13.2 Å². The SMILES string of the molecule is Cc1cc(-c2cccc(C(F)(F)F)c2)ccc1Cl. The van der Waals surface area contributed by atoms with Crippen molar-refractivity contribution in [3.05, 3.63) is 58.6 Å². The average Bonchev–Trinajstić information content (AvgIpc) is 2.32. The molecule has 0 aliphatic carbocycles. The molecule has 0 aromatic heterocycles. The van der Waals surface area contributed by atoms with Crippen molar-refractivity contribution in [2.75, 3.05) is 0 Å². The van der Waals surface area contributed by atoms with Gasteiger partial charge in [0.15, 0.2) is 0 Å². The molecular weight excluding hydrogens is 261 g/mol. The maximum absolute atomic E-state index is 12.6. The van der Waals surface area contributed by atoms with Gasteiger partial charge in [-0.15, -0.1) is 0 Å². The van der Waals surface area contributed by atoms with Gasteiger partial charge in [-0.3, -0.25) is 0 Å². The highest BCUT2D eigenvalue weighted by Crippen LogP contribution is 2.32. The highest BCUT2D eigenvalue weighted by Gasteiger charge is 2.30. The lowest BCUT2D eigenvalue weighted by Gasteiger charge is -2.09. The molecule has 0 saturated heterocycles. The molecule has 0 aliphatic heterocycles. The van der Waals surface area contributed by atoms with Crippen LogP contribution >= 0.6 is 11.6 Å². The topological polar surface area (TPSA) is 0 Å². The van der Waals surface area contributed by atoms with E-state index in [0.29, 0.717) is 10.6 Å². The van der Waals surface area contributed by atoms with E-state index in [1.807, 2.05) is 6.92 Å². The Kier molecular flexibility index (Phi) is 3.35. The summed E-state index contributed by atoms with van der Waals surface area (Å²) >= 11 is 5.89. The van der Waals surface area contributed by atoms with Crippen molar-refractivity contribution in [1.29, 1.82) is 0 Å². The molecule has 0 unspecified atom stereocenters. The first kappa shape index (κ1) is 13.0. The van der Waals surface area contributed by atoms with Crippen molar-refractivity contribution in [3.63, 3.8) is 0 Å². The molecule has 0 N–H and O–H groups in total. The zero-order valence-corrected chi connectivity index (χ0v) is 10.3. The Morgan fingerprint density at radius 1 is 0.944 bits per heavy atom. The molecule has 0 saturated carbocycles. The summed E-state index contributed by atoms with van der Waals surface area (Å²) in [6, 6.07) is 10.4. The van der Waals surface area contributed by atoms with Crippen LogP contribution in [0.2, 0.25) is 5.02 Å². The predicted octanol–water partition coefficient (Wildman–Crippen LogP) is 5.33. The Morgan fingerprint density at radius 3 is 2.22 bits per heavy atom. The first-order chi connectivity index (χ1) is 8.38. The molecule has 0 nitrogen and oxygen atoms in total. The lowest BCUT2D eigenvalue weighted by atomic mass is 10.0. The largest absolute Gasteiger partial charge is 0.416 e. The predicted molar refractivity (Wildman–Crippen MR) is 66.6 cm³/mol. The molecule has 0 spiro atoms. The summed E-state index contributed by atoms with van der Waals surface area (Å²) in [5.74, 6) is 0. The van der Waals surface area contributed by atoms with Crippen molar-refractivity contribution in [1.82, 2.24) is 0 Å². The smallest absolute Gasteiger partial charge is 0.166 e. The molecule has 0 radical (unpaired) electrons. The van der Waals surface area contributed by atoms with E-state index < -0.39 is 11.7 Å². The van der Waals surface area contributed by atoms with E-state index in [1.54, 1.807) is 24.3 Å². The second-order valence-corrected chi connectivity index (χ2v) is 4.45. The van der Waals surface area contributed by atoms with Gasteiger partial charge in [0.05, 0.1) is 5.56 Å². The number of hydrogen-bond donors (Lipinski definition) is 0. The lowest BCUT2D eigenvalue weighted by Crippen LogP contribution is -2.04. The number of aryl methyl sites for hydroxylation is 1. The number of alkyl halides is 3. The zero-order valence-electron chi connectivity index (χ0n) is 9.55. The van der Waals surface area contributed by atoms with Gasteiger partial charge in [-0.25, -0.2) is 0 Å². The van der Waals surface area contributed by atoms with Gasteiger partial charge in [0.2, 0.25) is 0 Å². The van der Waals surface area contributed by atoms with Crippen molar-refractivity contribution < 1.29 is 13.2 Å². The first-order valence-corrected chi connectivity index (χ1v) is 5.69. The van der Waals surface area contributed by atoms with E-state index in [9.17, 15) is 13.2 Å². The van der Waals surface area contributed by atoms with E-state index in [-0.39, 0.29) is 0 Å². The summed E-state index contributed by atoms with van der Waals surface area (Å²) in [7, 11) is 0. The molecule has 2 aromatic rings. The molecule has 94 valence electrons. The molecule has 0 heterocycles. The Hall–Kier alpha value is -1.48. The second-order valence-electron chi connectivity index (χ2n) is 4.04. The van der Waals surface area contributed by atoms with Crippen LogP contribution in [-0.4, -0.2) is 0 Å². The molecule has 0 atom stereocenters. The minimum absolute atomic E-state index is 0.532. The molecule has 18 heavy (non-hydrogen) atoms. The Morgan fingerprint density at radius 2 is 1.61 bits per heavy atom. The second kappa shape index (κ2) is 4.65. The molecular formula is C14H10ClF3. The van der Waals surface area contributed by atoms with Crippen LogP contribution in [0.1, 0.15) is 11.1 Å². The van der Waals surface area contributed by atoms with Crippen LogP contribution in [0.15, 0.2) is 42.5 Å². The fourth-order valence-corrected chi connectivity index (χ4v) is 1.82. The number of halogens is 4. The number of hydrogen-bond acceptors (Lipinski definition) is 0. The highest BCUT2D eigenvalue weighted by atomic mass is 35.5. The number of benzene rings is 2. The van der Waals surface area contributed by atoms with Gasteiger partial charge >= 0.3 is 6.18 Å². The summed E-state index contributed by atoms with van der Waals surface area (Å²) in [6.07, 6.45) is -4.32. The van der Waals surface area contributed by atoms with Crippen molar-refractivity contribution in [3.8, 4) is 11.1 Å². The fourth-order valence-electron chi connectivity index (χ4n) is 1.70. The summed E-state index contributed by atoms with van der Waals surface area (Å²) in [4.78, 5) is 0. The van der Waals surface area contributed by atoms with Gasteiger partial charge in [-0.1, -0.05) is 29.8 Å². The summed E-state index contributed by atoms with van der Waals surface area (Å²) in [5.41, 5.74) is 1.45. The Labute approximate surface area is 108 Å². The van der Waals surface area contributed by atoms with Crippen molar-refractivity contribution in [2.45, 2.75) is 13.1 Å². The van der Waals surface area contributed by atoms with E-state index >= 15 is 0 Å². The molecule has 2 rings (SSSR count). The van der Waals surface area contributed by atoms with Gasteiger partial charge < -0.3 is 0 Å². The quantitative estimate of drug-likeness (QED) is 0.657. The molecule has 0 amide bonds. The van der Waals surface area contributed by atoms with Gasteiger partial charge in [0.1, 0.15) is 0 Å². The molecule has 0 fully saturated rings.